The molecule has 1 heterocycles. The summed E-state index contributed by atoms with van der Waals surface area (Å²) in [6.07, 6.45) is 0.621. The van der Waals surface area contributed by atoms with Crippen molar-refractivity contribution >= 4 is 5.91 Å². The van der Waals surface area contributed by atoms with Crippen molar-refractivity contribution < 1.29 is 14.3 Å². The lowest BCUT2D eigenvalue weighted by Crippen LogP contribution is -2.44. The minimum Gasteiger partial charge on any atom is -0.493 e. The maximum Gasteiger partial charge on any atom is 0.238 e. The van der Waals surface area contributed by atoms with Crippen LogP contribution in [0.5, 0.6) is 11.5 Å². The Hall–Kier alpha value is -1.75. The molecule has 0 saturated carbocycles. The maximum atomic E-state index is 11.8. The van der Waals surface area contributed by atoms with Gasteiger partial charge in [-0.3, -0.25) is 10.1 Å². The maximum absolute atomic E-state index is 11.8. The Bertz CT molecular complexity index is 486. The molecule has 0 radical (unpaired) electrons. The third kappa shape index (κ3) is 2.98. The normalized spacial score (nSPS) is 21.1. The molecule has 2 rings (SSSR count). The first-order chi connectivity index (χ1) is 8.95. The third-order valence-electron chi connectivity index (χ3n) is 3.18. The highest BCUT2D eigenvalue weighted by molar-refractivity contribution is 5.85. The summed E-state index contributed by atoms with van der Waals surface area (Å²) in [5, 5.41) is 6.17. The Morgan fingerprint density at radius 3 is 2.42 bits per heavy atom. The van der Waals surface area contributed by atoms with Gasteiger partial charge in [-0.15, -0.1) is 0 Å². The van der Waals surface area contributed by atoms with Crippen molar-refractivity contribution in [2.75, 3.05) is 14.2 Å². The summed E-state index contributed by atoms with van der Waals surface area (Å²) >= 11 is 0. The van der Waals surface area contributed by atoms with E-state index in [-0.39, 0.29) is 17.6 Å². The SMILES string of the molecule is COc1ccc(C[C@@H]2NC(C)(C)NC2=O)cc1OC. The van der Waals surface area contributed by atoms with Gasteiger partial charge in [0.2, 0.25) is 5.91 Å². The molecule has 0 unspecified atom stereocenters. The molecular weight excluding hydrogens is 244 g/mol. The van der Waals surface area contributed by atoms with Crippen LogP contribution in [0.2, 0.25) is 0 Å². The van der Waals surface area contributed by atoms with Crippen LogP contribution in [0.3, 0.4) is 0 Å². The number of benzene rings is 1. The van der Waals surface area contributed by atoms with Crippen molar-refractivity contribution in [3.63, 3.8) is 0 Å². The molecule has 1 atom stereocenters. The number of amides is 1. The standard InChI is InChI=1S/C14H20N2O3/c1-14(2)15-10(13(17)16-14)7-9-5-6-11(18-3)12(8-9)19-4/h5-6,8,10,15H,7H2,1-4H3,(H,16,17)/t10-/m0/s1. The molecule has 104 valence electrons. The Balaban J connectivity index is 2.14. The van der Waals surface area contributed by atoms with Gasteiger partial charge in [0.1, 0.15) is 0 Å². The van der Waals surface area contributed by atoms with E-state index in [4.69, 9.17) is 9.47 Å². The first-order valence-corrected chi connectivity index (χ1v) is 6.26. The van der Waals surface area contributed by atoms with Crippen LogP contribution >= 0.6 is 0 Å². The van der Waals surface area contributed by atoms with Crippen molar-refractivity contribution in [1.82, 2.24) is 10.6 Å². The zero-order valence-electron chi connectivity index (χ0n) is 11.7. The second kappa shape index (κ2) is 5.09. The smallest absolute Gasteiger partial charge is 0.238 e. The number of ether oxygens (including phenoxy) is 2. The molecule has 0 aliphatic carbocycles. The summed E-state index contributed by atoms with van der Waals surface area (Å²) in [5.41, 5.74) is 0.682. The molecule has 1 aliphatic rings. The Morgan fingerprint density at radius 2 is 1.89 bits per heavy atom. The highest BCUT2D eigenvalue weighted by atomic mass is 16.5. The molecule has 0 bridgehead atoms. The van der Waals surface area contributed by atoms with Gasteiger partial charge < -0.3 is 14.8 Å². The van der Waals surface area contributed by atoms with Gasteiger partial charge in [0, 0.05) is 0 Å². The summed E-state index contributed by atoms with van der Waals surface area (Å²) in [4.78, 5) is 11.8. The lowest BCUT2D eigenvalue weighted by Gasteiger charge is -2.18. The predicted octanol–water partition coefficient (Wildman–Crippen LogP) is 1.07. The van der Waals surface area contributed by atoms with E-state index < -0.39 is 0 Å². The number of hydrogen-bond donors (Lipinski definition) is 2. The average Bonchev–Trinajstić information content (AvgIpc) is 2.62. The summed E-state index contributed by atoms with van der Waals surface area (Å²) in [5.74, 6) is 1.40. The molecule has 1 amide bonds. The number of methoxy groups -OCH3 is 2. The lowest BCUT2D eigenvalue weighted by atomic mass is 10.1. The van der Waals surface area contributed by atoms with E-state index >= 15 is 0 Å². The van der Waals surface area contributed by atoms with E-state index in [0.717, 1.165) is 5.56 Å². The number of carbonyl (C=O) groups is 1. The van der Waals surface area contributed by atoms with Gasteiger partial charge in [-0.2, -0.15) is 0 Å². The molecule has 1 aromatic rings. The van der Waals surface area contributed by atoms with E-state index in [2.05, 4.69) is 10.6 Å². The van der Waals surface area contributed by atoms with Crippen LogP contribution < -0.4 is 20.1 Å². The van der Waals surface area contributed by atoms with Crippen molar-refractivity contribution in [2.24, 2.45) is 0 Å². The molecular formula is C14H20N2O3. The molecule has 0 aromatic heterocycles. The van der Waals surface area contributed by atoms with Crippen molar-refractivity contribution in [2.45, 2.75) is 32.0 Å². The summed E-state index contributed by atoms with van der Waals surface area (Å²) in [6, 6.07) is 5.49. The van der Waals surface area contributed by atoms with E-state index in [1.165, 1.54) is 0 Å². The molecule has 1 aliphatic heterocycles. The van der Waals surface area contributed by atoms with Gasteiger partial charge in [0.15, 0.2) is 11.5 Å². The van der Waals surface area contributed by atoms with Crippen molar-refractivity contribution in [1.29, 1.82) is 0 Å². The van der Waals surface area contributed by atoms with E-state index in [1.807, 2.05) is 32.0 Å². The lowest BCUT2D eigenvalue weighted by molar-refractivity contribution is -0.120. The summed E-state index contributed by atoms with van der Waals surface area (Å²) < 4.78 is 10.5. The predicted molar refractivity (Wildman–Crippen MR) is 72.4 cm³/mol. The number of carbonyl (C=O) groups excluding carboxylic acids is 1. The molecule has 0 spiro atoms. The highest BCUT2D eigenvalue weighted by Gasteiger charge is 2.36. The van der Waals surface area contributed by atoms with Gasteiger partial charge in [-0.1, -0.05) is 6.07 Å². The minimum absolute atomic E-state index is 0.0276. The summed E-state index contributed by atoms with van der Waals surface area (Å²) in [7, 11) is 3.21. The second-order valence-electron chi connectivity index (χ2n) is 5.20. The highest BCUT2D eigenvalue weighted by Crippen LogP contribution is 2.28. The van der Waals surface area contributed by atoms with Gasteiger partial charge in [0.25, 0.3) is 0 Å². The zero-order valence-corrected chi connectivity index (χ0v) is 11.7. The second-order valence-corrected chi connectivity index (χ2v) is 5.20. The van der Waals surface area contributed by atoms with Crippen LogP contribution in [0, 0.1) is 0 Å². The average molecular weight is 264 g/mol. The Kier molecular flexibility index (Phi) is 3.66. The van der Waals surface area contributed by atoms with E-state index in [9.17, 15) is 4.79 Å². The van der Waals surface area contributed by atoms with Crippen LogP contribution in [0.25, 0.3) is 0 Å². The third-order valence-corrected chi connectivity index (χ3v) is 3.18. The number of hydrogen-bond acceptors (Lipinski definition) is 4. The molecule has 5 nitrogen and oxygen atoms in total. The first kappa shape index (κ1) is 13.7. The first-order valence-electron chi connectivity index (χ1n) is 6.26. The monoisotopic (exact) mass is 264 g/mol. The quantitative estimate of drug-likeness (QED) is 0.854. The van der Waals surface area contributed by atoms with Crippen LogP contribution in [-0.2, 0) is 11.2 Å². The summed E-state index contributed by atoms with van der Waals surface area (Å²) in [6.45, 7) is 3.89. The largest absolute Gasteiger partial charge is 0.493 e. The van der Waals surface area contributed by atoms with Gasteiger partial charge in [-0.05, 0) is 38.0 Å². The van der Waals surface area contributed by atoms with Crippen LogP contribution in [-0.4, -0.2) is 31.8 Å². The molecule has 19 heavy (non-hydrogen) atoms. The molecule has 1 saturated heterocycles. The molecule has 2 N–H and O–H groups in total. The zero-order chi connectivity index (χ0) is 14.0. The fraction of sp³-hybridized carbons (Fsp3) is 0.500. The molecule has 1 fully saturated rings. The fourth-order valence-corrected chi connectivity index (χ4v) is 2.32. The van der Waals surface area contributed by atoms with E-state index in [1.54, 1.807) is 14.2 Å². The topological polar surface area (TPSA) is 59.6 Å². The Labute approximate surface area is 113 Å². The fourth-order valence-electron chi connectivity index (χ4n) is 2.32. The van der Waals surface area contributed by atoms with Gasteiger partial charge in [-0.25, -0.2) is 0 Å². The van der Waals surface area contributed by atoms with E-state index in [0.29, 0.717) is 17.9 Å². The molecule has 1 aromatic carbocycles. The van der Waals surface area contributed by atoms with Gasteiger partial charge in [0.05, 0.1) is 25.9 Å². The van der Waals surface area contributed by atoms with Crippen LogP contribution in [0.1, 0.15) is 19.4 Å². The number of rotatable bonds is 4. The minimum atomic E-state index is -0.349. The van der Waals surface area contributed by atoms with Crippen molar-refractivity contribution in [3.8, 4) is 11.5 Å². The molecule has 5 heteroatoms. The Morgan fingerprint density at radius 1 is 1.21 bits per heavy atom. The van der Waals surface area contributed by atoms with Crippen LogP contribution in [0.4, 0.5) is 0 Å². The number of nitrogens with one attached hydrogen (secondary N) is 2. The van der Waals surface area contributed by atoms with Crippen molar-refractivity contribution in [3.05, 3.63) is 23.8 Å². The van der Waals surface area contributed by atoms with Crippen LogP contribution in [0.15, 0.2) is 18.2 Å². The van der Waals surface area contributed by atoms with Gasteiger partial charge >= 0.3 is 0 Å².